The van der Waals surface area contributed by atoms with Gasteiger partial charge in [0.15, 0.2) is 0 Å². The van der Waals surface area contributed by atoms with Crippen molar-refractivity contribution in [2.24, 2.45) is 5.92 Å². The van der Waals surface area contributed by atoms with Crippen LogP contribution < -0.4 is 16.0 Å². The van der Waals surface area contributed by atoms with Gasteiger partial charge >= 0.3 is 0 Å². The Kier molecular flexibility index (Phi) is 5.26. The Bertz CT molecular complexity index is 818. The number of para-hydroxylation sites is 3. The molecular formula is C21H25N3O2. The molecule has 1 aliphatic rings. The summed E-state index contributed by atoms with van der Waals surface area (Å²) < 4.78 is 0. The fraction of sp³-hybridized carbons (Fsp3) is 0.333. The summed E-state index contributed by atoms with van der Waals surface area (Å²) in [6, 6.07) is 15.1. The Labute approximate surface area is 154 Å². The molecule has 0 aliphatic carbocycles. The lowest BCUT2D eigenvalue weighted by Gasteiger charge is -2.23. The fourth-order valence-electron chi connectivity index (χ4n) is 3.33. The van der Waals surface area contributed by atoms with Crippen LogP contribution in [0.5, 0.6) is 0 Å². The topological polar surface area (TPSA) is 75.4 Å². The molecule has 1 fully saturated rings. The van der Waals surface area contributed by atoms with E-state index in [4.69, 9.17) is 5.73 Å². The van der Waals surface area contributed by atoms with Crippen LogP contribution in [0.1, 0.15) is 38.2 Å². The van der Waals surface area contributed by atoms with Crippen LogP contribution in [0.25, 0.3) is 0 Å². The quantitative estimate of drug-likeness (QED) is 0.805. The molecule has 1 aliphatic heterocycles. The molecular weight excluding hydrogens is 326 g/mol. The average molecular weight is 351 g/mol. The number of amides is 2. The number of benzene rings is 2. The zero-order valence-corrected chi connectivity index (χ0v) is 15.2. The Morgan fingerprint density at radius 2 is 1.92 bits per heavy atom. The van der Waals surface area contributed by atoms with Gasteiger partial charge in [-0.1, -0.05) is 44.2 Å². The highest BCUT2D eigenvalue weighted by Gasteiger charge is 2.36. The van der Waals surface area contributed by atoms with Crippen LogP contribution in [-0.4, -0.2) is 18.4 Å². The van der Waals surface area contributed by atoms with Crippen LogP contribution >= 0.6 is 0 Å². The predicted molar refractivity (Wildman–Crippen MR) is 105 cm³/mol. The van der Waals surface area contributed by atoms with Crippen molar-refractivity contribution in [1.29, 1.82) is 0 Å². The maximum atomic E-state index is 12.6. The molecule has 0 radical (unpaired) electrons. The highest BCUT2D eigenvalue weighted by molar-refractivity contribution is 6.04. The number of rotatable bonds is 5. The van der Waals surface area contributed by atoms with Gasteiger partial charge in [0.2, 0.25) is 11.8 Å². The van der Waals surface area contributed by atoms with Crippen molar-refractivity contribution in [2.45, 2.75) is 32.6 Å². The van der Waals surface area contributed by atoms with Gasteiger partial charge in [0.1, 0.15) is 0 Å². The number of nitrogens with zero attached hydrogens (tertiary/aromatic N) is 1. The minimum absolute atomic E-state index is 0.0121. The zero-order chi connectivity index (χ0) is 18.7. The molecule has 3 rings (SSSR count). The lowest BCUT2D eigenvalue weighted by molar-refractivity contribution is -0.122. The maximum absolute atomic E-state index is 12.6. The van der Waals surface area contributed by atoms with Crippen LogP contribution in [0, 0.1) is 5.92 Å². The molecule has 0 aromatic heterocycles. The normalized spacial score (nSPS) is 18.0. The first kappa shape index (κ1) is 18.0. The second-order valence-electron chi connectivity index (χ2n) is 6.85. The van der Waals surface area contributed by atoms with E-state index in [0.717, 1.165) is 17.7 Å². The van der Waals surface area contributed by atoms with Gasteiger partial charge in [-0.25, -0.2) is 0 Å². The van der Waals surface area contributed by atoms with Crippen LogP contribution in [0.15, 0.2) is 48.5 Å². The molecule has 0 bridgehead atoms. The Morgan fingerprint density at radius 1 is 1.23 bits per heavy atom. The van der Waals surface area contributed by atoms with Gasteiger partial charge in [-0.3, -0.25) is 9.59 Å². The Balaban J connectivity index is 1.77. The predicted octanol–water partition coefficient (Wildman–Crippen LogP) is 3.77. The van der Waals surface area contributed by atoms with E-state index in [1.807, 2.05) is 30.3 Å². The van der Waals surface area contributed by atoms with Crippen LogP contribution in [0.4, 0.5) is 17.1 Å². The molecule has 26 heavy (non-hydrogen) atoms. The lowest BCUT2D eigenvalue weighted by atomic mass is 9.96. The van der Waals surface area contributed by atoms with Crippen molar-refractivity contribution in [3.8, 4) is 0 Å². The molecule has 0 spiro atoms. The van der Waals surface area contributed by atoms with Gasteiger partial charge in [0.25, 0.3) is 0 Å². The number of anilines is 3. The molecule has 2 aromatic carbocycles. The standard InChI is InChI=1S/C21H25N3O2/c1-3-14(2)16-8-4-7-11-19(16)24-13-15(12-20(24)25)21(26)23-18-10-6-5-9-17(18)22/h4-11,14-15H,3,12-13,22H2,1-2H3,(H,23,26). The van der Waals surface area contributed by atoms with Crippen molar-refractivity contribution in [1.82, 2.24) is 0 Å². The minimum atomic E-state index is -0.382. The molecule has 2 amide bonds. The van der Waals surface area contributed by atoms with E-state index in [9.17, 15) is 9.59 Å². The van der Waals surface area contributed by atoms with Crippen LogP contribution in [0.3, 0.4) is 0 Å². The number of nitrogen functional groups attached to an aromatic ring is 1. The molecule has 2 unspecified atom stereocenters. The molecule has 136 valence electrons. The summed E-state index contributed by atoms with van der Waals surface area (Å²) in [5.74, 6) is -0.204. The summed E-state index contributed by atoms with van der Waals surface area (Å²) in [6.07, 6.45) is 1.21. The van der Waals surface area contributed by atoms with Gasteiger partial charge in [-0.2, -0.15) is 0 Å². The van der Waals surface area contributed by atoms with Gasteiger partial charge in [-0.15, -0.1) is 0 Å². The monoisotopic (exact) mass is 351 g/mol. The number of hydrogen-bond donors (Lipinski definition) is 2. The van der Waals surface area contributed by atoms with E-state index in [-0.39, 0.29) is 24.2 Å². The summed E-state index contributed by atoms with van der Waals surface area (Å²) in [6.45, 7) is 4.68. The molecule has 5 heteroatoms. The third-order valence-corrected chi connectivity index (χ3v) is 5.09. The van der Waals surface area contributed by atoms with E-state index in [2.05, 4.69) is 25.2 Å². The maximum Gasteiger partial charge on any atom is 0.229 e. The van der Waals surface area contributed by atoms with Crippen molar-refractivity contribution in [3.05, 3.63) is 54.1 Å². The van der Waals surface area contributed by atoms with Crippen molar-refractivity contribution in [3.63, 3.8) is 0 Å². The first-order chi connectivity index (χ1) is 12.5. The molecule has 3 N–H and O–H groups in total. The third-order valence-electron chi connectivity index (χ3n) is 5.09. The molecule has 2 aromatic rings. The first-order valence-corrected chi connectivity index (χ1v) is 9.06. The number of nitrogens with two attached hydrogens (primary N) is 1. The molecule has 1 saturated heterocycles. The highest BCUT2D eigenvalue weighted by Crippen LogP contribution is 2.33. The second kappa shape index (κ2) is 7.60. The van der Waals surface area contributed by atoms with Crippen molar-refractivity contribution < 1.29 is 9.59 Å². The smallest absolute Gasteiger partial charge is 0.229 e. The third kappa shape index (κ3) is 3.57. The average Bonchev–Trinajstić information content (AvgIpc) is 3.04. The Hall–Kier alpha value is -2.82. The molecule has 2 atom stereocenters. The van der Waals surface area contributed by atoms with Crippen molar-refractivity contribution >= 4 is 28.9 Å². The van der Waals surface area contributed by atoms with Gasteiger partial charge in [-0.05, 0) is 36.1 Å². The lowest BCUT2D eigenvalue weighted by Crippen LogP contribution is -2.29. The summed E-state index contributed by atoms with van der Waals surface area (Å²) in [4.78, 5) is 27.0. The second-order valence-corrected chi connectivity index (χ2v) is 6.85. The first-order valence-electron chi connectivity index (χ1n) is 9.06. The number of hydrogen-bond acceptors (Lipinski definition) is 3. The van der Waals surface area contributed by atoms with E-state index in [0.29, 0.717) is 23.8 Å². The molecule has 1 heterocycles. The summed E-state index contributed by atoms with van der Waals surface area (Å²) >= 11 is 0. The largest absolute Gasteiger partial charge is 0.397 e. The van der Waals surface area contributed by atoms with E-state index < -0.39 is 0 Å². The molecule has 0 saturated carbocycles. The van der Waals surface area contributed by atoms with Crippen LogP contribution in [0.2, 0.25) is 0 Å². The van der Waals surface area contributed by atoms with E-state index >= 15 is 0 Å². The Morgan fingerprint density at radius 3 is 2.65 bits per heavy atom. The number of carbonyl (C=O) groups is 2. The SMILES string of the molecule is CCC(C)c1ccccc1N1CC(C(=O)Nc2ccccc2N)CC1=O. The summed E-state index contributed by atoms with van der Waals surface area (Å²) in [5, 5.41) is 2.85. The number of nitrogens with one attached hydrogen (secondary N) is 1. The van der Waals surface area contributed by atoms with E-state index in [1.165, 1.54) is 0 Å². The van der Waals surface area contributed by atoms with E-state index in [1.54, 1.807) is 17.0 Å². The summed E-state index contributed by atoms with van der Waals surface area (Å²) in [5.41, 5.74) is 9.06. The van der Waals surface area contributed by atoms with Gasteiger partial charge in [0, 0.05) is 18.7 Å². The fourth-order valence-corrected chi connectivity index (χ4v) is 3.33. The summed E-state index contributed by atoms with van der Waals surface area (Å²) in [7, 11) is 0. The van der Waals surface area contributed by atoms with Crippen LogP contribution in [-0.2, 0) is 9.59 Å². The molecule has 5 nitrogen and oxygen atoms in total. The highest BCUT2D eigenvalue weighted by atomic mass is 16.2. The zero-order valence-electron chi connectivity index (χ0n) is 15.2. The van der Waals surface area contributed by atoms with Gasteiger partial charge < -0.3 is 16.0 Å². The van der Waals surface area contributed by atoms with Gasteiger partial charge in [0.05, 0.1) is 17.3 Å². The number of carbonyl (C=O) groups excluding carboxylic acids is 2. The van der Waals surface area contributed by atoms with Crippen molar-refractivity contribution in [2.75, 3.05) is 22.5 Å². The minimum Gasteiger partial charge on any atom is -0.397 e.